The molecule has 60 valence electrons. The fraction of sp³-hybridized carbons (Fsp3) is 0.250. The van der Waals surface area contributed by atoms with Crippen molar-refractivity contribution in [1.82, 2.24) is 4.98 Å². The van der Waals surface area contributed by atoms with E-state index in [2.05, 4.69) is 9.91 Å². The Morgan fingerprint density at radius 2 is 2.36 bits per heavy atom. The van der Waals surface area contributed by atoms with E-state index in [1.807, 2.05) is 12.1 Å². The maximum atomic E-state index is 10.9. The van der Waals surface area contributed by atoms with Crippen LogP contribution in [0.15, 0.2) is 18.3 Å². The average molecular weight is 262 g/mol. The van der Waals surface area contributed by atoms with Gasteiger partial charge in [-0.1, -0.05) is 0 Å². The van der Waals surface area contributed by atoms with Crippen LogP contribution < -0.4 is 21.2 Å². The van der Waals surface area contributed by atoms with E-state index in [1.165, 1.54) is 3.57 Å². The van der Waals surface area contributed by atoms with E-state index in [-0.39, 0.29) is 27.0 Å². The van der Waals surface area contributed by atoms with Crippen molar-refractivity contribution in [1.29, 1.82) is 0 Å². The van der Waals surface area contributed by atoms with Crippen LogP contribution in [0.5, 0.6) is 0 Å². The summed E-state index contributed by atoms with van der Waals surface area (Å²) in [6.07, 6.45) is 1.70. The van der Waals surface area contributed by atoms with E-state index in [1.54, 1.807) is 13.1 Å². The van der Waals surface area contributed by atoms with Gasteiger partial charge in [-0.05, 0) is 0 Å². The van der Waals surface area contributed by atoms with E-state index in [9.17, 15) is 4.79 Å². The second-order valence-corrected chi connectivity index (χ2v) is 4.43. The second-order valence-electron chi connectivity index (χ2n) is 2.10. The van der Waals surface area contributed by atoms with Crippen molar-refractivity contribution in [2.75, 3.05) is 4.93 Å². The Bertz CT molecular complexity index is 273. The first-order chi connectivity index (χ1) is 5.24. The summed E-state index contributed by atoms with van der Waals surface area (Å²) in [5, 5.41) is 0. The zero-order valence-electron chi connectivity index (χ0n) is 6.47. The normalized spacial score (nSPS) is 10.0. The summed E-state index contributed by atoms with van der Waals surface area (Å²) in [7, 11) is 0. The monoisotopic (exact) mass is 262 g/mol. The average Bonchev–Trinajstić information content (AvgIpc) is 2.05. The van der Waals surface area contributed by atoms with Crippen molar-refractivity contribution in [2.24, 2.45) is 0 Å². The third kappa shape index (κ3) is 2.25. The zero-order chi connectivity index (χ0) is 8.27. The van der Waals surface area contributed by atoms with Crippen molar-refractivity contribution in [3.63, 3.8) is 0 Å². The topological polar surface area (TPSA) is 30.0 Å². The number of aromatic nitrogens is 1. The molecule has 0 aliphatic heterocycles. The summed E-state index contributed by atoms with van der Waals surface area (Å²) >= 11 is 0.0748. The predicted molar refractivity (Wildman–Crippen MR) is 38.9 cm³/mol. The molecule has 1 heterocycles. The van der Waals surface area contributed by atoms with Crippen LogP contribution in [0.4, 0.5) is 0 Å². The van der Waals surface area contributed by atoms with Gasteiger partial charge < -0.3 is 0 Å². The van der Waals surface area contributed by atoms with Gasteiger partial charge in [0.2, 0.25) is 0 Å². The van der Waals surface area contributed by atoms with Gasteiger partial charge >= 0.3 is 76.2 Å². The Balaban J connectivity index is 3.01. The molecule has 0 saturated heterocycles. The first-order valence-corrected chi connectivity index (χ1v) is 6.44. The Morgan fingerprint density at radius 1 is 1.64 bits per heavy atom. The second kappa shape index (κ2) is 3.80. The predicted octanol–water partition coefficient (Wildman–Crippen LogP) is -1.83. The molecule has 0 N–H and O–H groups in total. The van der Waals surface area contributed by atoms with Crippen LogP contribution in [0.3, 0.4) is 0 Å². The van der Waals surface area contributed by atoms with Crippen LogP contribution in [0.1, 0.15) is 17.4 Å². The van der Waals surface area contributed by atoms with Gasteiger partial charge in [0.1, 0.15) is 0 Å². The van der Waals surface area contributed by atoms with Gasteiger partial charge in [0, 0.05) is 0 Å². The molecule has 3 heteroatoms. The number of Topliss-reactive ketones (excluding diaryl/α,β-unsaturated/α-hetero) is 1. The Morgan fingerprint density at radius 3 is 2.91 bits per heavy atom. The Labute approximate surface area is 76.3 Å². The molecule has 0 unspecified atom stereocenters. The SMILES string of the molecule is C[I-]c1ccnc(C(C)=O)c1. The standard InChI is InChI=1S/C8H9INO/c1-6(11)8-5-7(9-2)3-4-10-8/h3-5H,1-2H3/q-1. The number of alkyl halides is 1. The van der Waals surface area contributed by atoms with Crippen LogP contribution in [-0.2, 0) is 0 Å². The molecule has 2 nitrogen and oxygen atoms in total. The molecular weight excluding hydrogens is 253 g/mol. The number of carbonyl (C=O) groups excluding carboxylic acids is 1. The molecule has 0 aromatic carbocycles. The first kappa shape index (κ1) is 8.64. The summed E-state index contributed by atoms with van der Waals surface area (Å²) < 4.78 is 1.27. The number of halogens is 1. The van der Waals surface area contributed by atoms with Crippen LogP contribution in [0.25, 0.3) is 0 Å². The Kier molecular flexibility index (Phi) is 2.99. The molecule has 0 bridgehead atoms. The van der Waals surface area contributed by atoms with Crippen molar-refractivity contribution in [3.8, 4) is 0 Å². The summed E-state index contributed by atoms with van der Waals surface area (Å²) in [6.45, 7) is 1.54. The molecular formula is C8H9INO-. The quantitative estimate of drug-likeness (QED) is 0.356. The minimum absolute atomic E-state index is 0.0457. The molecule has 1 aromatic heterocycles. The molecule has 0 spiro atoms. The van der Waals surface area contributed by atoms with Crippen molar-refractivity contribution < 1.29 is 26.0 Å². The summed E-state index contributed by atoms with van der Waals surface area (Å²) in [6, 6.07) is 3.86. The summed E-state index contributed by atoms with van der Waals surface area (Å²) in [4.78, 5) is 17.0. The minimum atomic E-state index is 0.0457. The number of hydrogen-bond acceptors (Lipinski definition) is 2. The van der Waals surface area contributed by atoms with Crippen LogP contribution in [0.2, 0.25) is 0 Å². The summed E-state index contributed by atoms with van der Waals surface area (Å²) in [5.41, 5.74) is 0.587. The van der Waals surface area contributed by atoms with E-state index in [0.29, 0.717) is 5.69 Å². The molecule has 0 aliphatic carbocycles. The molecule has 1 rings (SSSR count). The van der Waals surface area contributed by atoms with Crippen molar-refractivity contribution in [3.05, 3.63) is 27.6 Å². The van der Waals surface area contributed by atoms with E-state index >= 15 is 0 Å². The van der Waals surface area contributed by atoms with Crippen molar-refractivity contribution >= 4 is 5.78 Å². The third-order valence-corrected chi connectivity index (χ3v) is 3.22. The number of hydrogen-bond donors (Lipinski definition) is 0. The molecule has 1 aromatic rings. The maximum absolute atomic E-state index is 10.9. The van der Waals surface area contributed by atoms with Gasteiger partial charge in [-0.2, -0.15) is 0 Å². The number of nitrogens with zero attached hydrogens (tertiary/aromatic N) is 1. The molecule has 0 saturated carbocycles. The number of carbonyl (C=O) groups is 1. The van der Waals surface area contributed by atoms with E-state index < -0.39 is 0 Å². The molecule has 0 atom stereocenters. The van der Waals surface area contributed by atoms with Gasteiger partial charge in [0.15, 0.2) is 0 Å². The third-order valence-electron chi connectivity index (χ3n) is 1.30. The molecule has 0 radical (unpaired) electrons. The number of ketones is 1. The van der Waals surface area contributed by atoms with Gasteiger partial charge in [-0.15, -0.1) is 0 Å². The first-order valence-electron chi connectivity index (χ1n) is 3.20. The van der Waals surface area contributed by atoms with Gasteiger partial charge in [0.25, 0.3) is 0 Å². The van der Waals surface area contributed by atoms with Crippen LogP contribution in [-0.4, -0.2) is 15.7 Å². The molecule has 0 fully saturated rings. The van der Waals surface area contributed by atoms with E-state index in [0.717, 1.165) is 0 Å². The Hall–Kier alpha value is -0.450. The van der Waals surface area contributed by atoms with Gasteiger partial charge in [0.05, 0.1) is 0 Å². The molecule has 0 aliphatic rings. The van der Waals surface area contributed by atoms with Crippen LogP contribution >= 0.6 is 0 Å². The van der Waals surface area contributed by atoms with Gasteiger partial charge in [-0.3, -0.25) is 0 Å². The molecule has 0 amide bonds. The van der Waals surface area contributed by atoms with E-state index in [4.69, 9.17) is 0 Å². The van der Waals surface area contributed by atoms with Gasteiger partial charge in [-0.25, -0.2) is 0 Å². The fourth-order valence-corrected chi connectivity index (χ4v) is 1.84. The van der Waals surface area contributed by atoms with Crippen molar-refractivity contribution in [2.45, 2.75) is 6.92 Å². The summed E-state index contributed by atoms with van der Waals surface area (Å²) in [5.74, 6) is 0.0457. The van der Waals surface area contributed by atoms with Crippen LogP contribution in [0, 0.1) is 3.57 Å². The number of rotatable bonds is 2. The number of pyridine rings is 1. The molecule has 11 heavy (non-hydrogen) atoms. The zero-order valence-corrected chi connectivity index (χ0v) is 8.62. The fourth-order valence-electron chi connectivity index (χ4n) is 0.715.